The number of fused-ring (bicyclic) bond motifs is 1. The van der Waals surface area contributed by atoms with Crippen molar-refractivity contribution < 1.29 is 28.9 Å². The van der Waals surface area contributed by atoms with Crippen LogP contribution in [0.4, 0.5) is 0 Å². The Hall–Kier alpha value is -2.12. The zero-order valence-corrected chi connectivity index (χ0v) is 16.3. The smallest absolute Gasteiger partial charge is 0.337 e. The molecule has 1 aromatic rings. The topological polar surface area (TPSA) is 85.3 Å². The summed E-state index contributed by atoms with van der Waals surface area (Å²) in [4.78, 5) is 26.4. The Morgan fingerprint density at radius 1 is 1.21 bits per heavy atom. The third-order valence-corrected chi connectivity index (χ3v) is 6.27. The third kappa shape index (κ3) is 3.49. The molecule has 1 aromatic carbocycles. The van der Waals surface area contributed by atoms with Gasteiger partial charge in [-0.2, -0.15) is 0 Å². The lowest BCUT2D eigenvalue weighted by Crippen LogP contribution is -2.52. The van der Waals surface area contributed by atoms with Gasteiger partial charge in [0.2, 0.25) is 5.91 Å². The molecule has 7 heteroatoms. The number of aliphatic hydroxyl groups excluding tert-OH is 1. The van der Waals surface area contributed by atoms with E-state index in [0.29, 0.717) is 62.3 Å². The van der Waals surface area contributed by atoms with Gasteiger partial charge >= 0.3 is 5.97 Å². The molecule has 0 aromatic heterocycles. The van der Waals surface area contributed by atoms with Crippen LogP contribution in [0.2, 0.25) is 0 Å². The minimum Gasteiger partial charge on any atom is -0.488 e. The maximum atomic E-state index is 12.8. The van der Waals surface area contributed by atoms with Gasteiger partial charge in [-0.15, -0.1) is 0 Å². The molecule has 7 nitrogen and oxygen atoms in total. The highest BCUT2D eigenvalue weighted by atomic mass is 16.5. The monoisotopic (exact) mass is 389 g/mol. The predicted octanol–water partition coefficient (Wildman–Crippen LogP) is 1.49. The van der Waals surface area contributed by atoms with Gasteiger partial charge in [0.05, 0.1) is 37.4 Å². The van der Waals surface area contributed by atoms with Crippen molar-refractivity contribution in [1.82, 2.24) is 4.90 Å². The normalized spacial score (nSPS) is 30.9. The highest BCUT2D eigenvalue weighted by Crippen LogP contribution is 2.40. The van der Waals surface area contributed by atoms with Gasteiger partial charge < -0.3 is 24.2 Å². The van der Waals surface area contributed by atoms with Gasteiger partial charge in [-0.05, 0) is 49.8 Å². The van der Waals surface area contributed by atoms with Crippen molar-refractivity contribution in [3.05, 3.63) is 29.8 Å². The van der Waals surface area contributed by atoms with E-state index in [1.807, 2.05) is 11.8 Å². The molecule has 1 saturated carbocycles. The summed E-state index contributed by atoms with van der Waals surface area (Å²) in [5, 5.41) is 10.6. The fourth-order valence-corrected chi connectivity index (χ4v) is 4.59. The molecular weight excluding hydrogens is 362 g/mol. The van der Waals surface area contributed by atoms with Crippen LogP contribution in [0.5, 0.6) is 5.75 Å². The second-order valence-electron chi connectivity index (χ2n) is 8.50. The number of benzene rings is 1. The summed E-state index contributed by atoms with van der Waals surface area (Å²) in [7, 11) is 1.34. The summed E-state index contributed by atoms with van der Waals surface area (Å²) in [6.45, 7) is 4.33. The number of amides is 1. The molecule has 3 fully saturated rings. The van der Waals surface area contributed by atoms with Crippen molar-refractivity contribution in [2.45, 2.75) is 32.0 Å². The van der Waals surface area contributed by atoms with E-state index in [-0.39, 0.29) is 12.0 Å². The number of hydrogen-bond acceptors (Lipinski definition) is 6. The zero-order chi connectivity index (χ0) is 19.9. The van der Waals surface area contributed by atoms with E-state index >= 15 is 0 Å². The Morgan fingerprint density at radius 2 is 1.93 bits per heavy atom. The molecule has 0 spiro atoms. The van der Waals surface area contributed by atoms with Crippen LogP contribution in [0.1, 0.15) is 30.1 Å². The molecular formula is C21H27NO6. The molecule has 2 aliphatic heterocycles. The summed E-state index contributed by atoms with van der Waals surface area (Å²) < 4.78 is 16.0. The van der Waals surface area contributed by atoms with Gasteiger partial charge in [-0.25, -0.2) is 4.79 Å². The lowest BCUT2D eigenvalue weighted by molar-refractivity contribution is -0.167. The van der Waals surface area contributed by atoms with Gasteiger partial charge in [-0.3, -0.25) is 4.79 Å². The van der Waals surface area contributed by atoms with Crippen LogP contribution in [0.25, 0.3) is 0 Å². The number of carbonyl (C=O) groups excluding carboxylic acids is 2. The first kappa shape index (κ1) is 19.2. The van der Waals surface area contributed by atoms with Crippen LogP contribution in [0, 0.1) is 17.3 Å². The lowest BCUT2D eigenvalue weighted by Gasteiger charge is -2.39. The number of likely N-dealkylation sites (tertiary alicyclic amines) is 1. The van der Waals surface area contributed by atoms with E-state index in [4.69, 9.17) is 14.2 Å². The van der Waals surface area contributed by atoms with Gasteiger partial charge in [0.15, 0.2) is 0 Å². The molecule has 0 radical (unpaired) electrons. The molecule has 3 aliphatic rings. The van der Waals surface area contributed by atoms with Crippen molar-refractivity contribution in [2.24, 2.45) is 17.3 Å². The van der Waals surface area contributed by atoms with Crippen molar-refractivity contribution in [3.8, 4) is 5.75 Å². The molecule has 1 aliphatic carbocycles. The number of aliphatic hydroxyl groups is 1. The van der Waals surface area contributed by atoms with E-state index in [1.54, 1.807) is 24.3 Å². The number of esters is 1. The van der Waals surface area contributed by atoms with Crippen LogP contribution in [-0.4, -0.2) is 67.5 Å². The number of nitrogens with zero attached hydrogens (tertiary/aromatic N) is 1. The molecule has 4 atom stereocenters. The second-order valence-corrected chi connectivity index (χ2v) is 8.50. The summed E-state index contributed by atoms with van der Waals surface area (Å²) in [5.41, 5.74) is 0.0212. The Balaban J connectivity index is 1.41. The molecule has 2 heterocycles. The van der Waals surface area contributed by atoms with Crippen LogP contribution in [0.15, 0.2) is 24.3 Å². The molecule has 1 N–H and O–H groups in total. The molecule has 28 heavy (non-hydrogen) atoms. The molecule has 0 bridgehead atoms. The van der Waals surface area contributed by atoms with Gasteiger partial charge in [-0.1, -0.05) is 6.07 Å². The van der Waals surface area contributed by atoms with Gasteiger partial charge in [0, 0.05) is 13.1 Å². The highest BCUT2D eigenvalue weighted by Gasteiger charge is 2.49. The maximum absolute atomic E-state index is 12.8. The average Bonchev–Trinajstić information content (AvgIpc) is 3.08. The summed E-state index contributed by atoms with van der Waals surface area (Å²) in [6.07, 6.45) is 0.349. The van der Waals surface area contributed by atoms with Crippen molar-refractivity contribution in [1.29, 1.82) is 0 Å². The summed E-state index contributed by atoms with van der Waals surface area (Å²) in [5.74, 6) is 0.880. The van der Waals surface area contributed by atoms with E-state index in [2.05, 4.69) is 0 Å². The zero-order valence-electron chi connectivity index (χ0n) is 16.3. The maximum Gasteiger partial charge on any atom is 0.337 e. The van der Waals surface area contributed by atoms with E-state index in [1.165, 1.54) is 7.11 Å². The minimum absolute atomic E-state index is 0.158. The Bertz CT molecular complexity index is 761. The molecule has 152 valence electrons. The Kier molecular flexibility index (Phi) is 5.05. The first-order valence-electron chi connectivity index (χ1n) is 9.80. The fraction of sp³-hybridized carbons (Fsp3) is 0.619. The van der Waals surface area contributed by atoms with Crippen molar-refractivity contribution >= 4 is 11.9 Å². The van der Waals surface area contributed by atoms with Crippen molar-refractivity contribution in [2.75, 3.05) is 33.4 Å². The first-order valence-corrected chi connectivity index (χ1v) is 9.80. The molecule has 4 rings (SSSR count). The molecule has 2 saturated heterocycles. The number of hydrogen-bond donors (Lipinski definition) is 1. The van der Waals surface area contributed by atoms with Gasteiger partial charge in [0.1, 0.15) is 11.9 Å². The first-order chi connectivity index (χ1) is 13.4. The minimum atomic E-state index is -0.597. The quantitative estimate of drug-likeness (QED) is 0.786. The fourth-order valence-electron chi connectivity index (χ4n) is 4.59. The summed E-state index contributed by atoms with van der Waals surface area (Å²) >= 11 is 0. The predicted molar refractivity (Wildman–Crippen MR) is 99.9 cm³/mol. The number of ether oxygens (including phenoxy) is 3. The third-order valence-electron chi connectivity index (χ3n) is 6.27. The van der Waals surface area contributed by atoms with Crippen LogP contribution in [-0.2, 0) is 14.3 Å². The van der Waals surface area contributed by atoms with Crippen molar-refractivity contribution in [3.63, 3.8) is 0 Å². The van der Waals surface area contributed by atoms with Crippen LogP contribution >= 0.6 is 0 Å². The SMILES string of the molecule is COC(=O)c1cccc(O[C@@H]2C[C@@H]3CN(C(=O)C4(C)COC4)C[C@@H]3C[C@H]2O)c1. The Labute approximate surface area is 164 Å². The average molecular weight is 389 g/mol. The Morgan fingerprint density at radius 3 is 2.57 bits per heavy atom. The largest absolute Gasteiger partial charge is 0.488 e. The standard InChI is InChI=1S/C21H27NO6/c1-21(11-27-12-21)20(25)22-9-14-7-17(23)18(8-15(14)10-22)28-16-5-3-4-13(6-16)19(24)26-2/h3-6,14-15,17-18,23H,7-12H2,1-2H3/t14-,15+,17+,18+/m0/s1. The van der Waals surface area contributed by atoms with E-state index < -0.39 is 17.5 Å². The van der Waals surface area contributed by atoms with Gasteiger partial charge in [0.25, 0.3) is 0 Å². The molecule has 0 unspecified atom stereocenters. The number of methoxy groups -OCH3 is 1. The van der Waals surface area contributed by atoms with Crippen LogP contribution < -0.4 is 4.74 Å². The highest BCUT2D eigenvalue weighted by molar-refractivity contribution is 5.89. The molecule has 1 amide bonds. The van der Waals surface area contributed by atoms with E-state index in [9.17, 15) is 14.7 Å². The number of carbonyl (C=O) groups is 2. The number of rotatable bonds is 4. The lowest BCUT2D eigenvalue weighted by atomic mass is 9.78. The van der Waals surface area contributed by atoms with Crippen LogP contribution in [0.3, 0.4) is 0 Å². The second kappa shape index (κ2) is 7.37. The van der Waals surface area contributed by atoms with E-state index in [0.717, 1.165) is 0 Å². The summed E-state index contributed by atoms with van der Waals surface area (Å²) in [6, 6.07) is 6.80.